The van der Waals surface area contributed by atoms with E-state index < -0.39 is 0 Å². The summed E-state index contributed by atoms with van der Waals surface area (Å²) in [5, 5.41) is 6.97. The molecule has 1 aliphatic heterocycles. The third kappa shape index (κ3) is 8.50. The average Bonchev–Trinajstić information content (AvgIpc) is 3.64. The van der Waals surface area contributed by atoms with Crippen molar-refractivity contribution in [3.05, 3.63) is 54.1 Å². The second-order valence-corrected chi connectivity index (χ2v) is 11.3. The maximum Gasteiger partial charge on any atom is 0.230 e. The van der Waals surface area contributed by atoms with Crippen LogP contribution in [0.1, 0.15) is 75.1 Å². The predicted molar refractivity (Wildman–Crippen MR) is 160 cm³/mol. The highest BCUT2D eigenvalue weighted by Crippen LogP contribution is 2.36. The number of benzene rings is 1. The van der Waals surface area contributed by atoms with Crippen molar-refractivity contribution in [3.63, 3.8) is 0 Å². The number of piperazine rings is 1. The van der Waals surface area contributed by atoms with Gasteiger partial charge in [0, 0.05) is 56.7 Å². The van der Waals surface area contributed by atoms with E-state index in [1.54, 1.807) is 25.6 Å². The summed E-state index contributed by atoms with van der Waals surface area (Å²) in [5.41, 5.74) is 1.12. The molecule has 11 nitrogen and oxygen atoms in total. The summed E-state index contributed by atoms with van der Waals surface area (Å²) in [4.78, 5) is 39.8. The molecule has 2 aromatic heterocycles. The van der Waals surface area contributed by atoms with Crippen LogP contribution in [-0.2, 0) is 11.2 Å². The highest BCUT2D eigenvalue weighted by molar-refractivity contribution is 5.89. The summed E-state index contributed by atoms with van der Waals surface area (Å²) < 4.78 is 11.9. The zero-order valence-corrected chi connectivity index (χ0v) is 25.4. The number of ketones is 1. The Balaban J connectivity index is 0.000000385. The van der Waals surface area contributed by atoms with E-state index in [-0.39, 0.29) is 36.1 Å². The standard InChI is InChI=1S/C25H37N5O3.C6H6N2O/c1-17(2)13-20-16-29(11-12-30(20)25(31)15-24-26-18(3)27-28-24)19-9-10-22(32-4)23(14-19)33-21-7-5-6-8-21;1-5(9)6-7-3-2-4-8-6/h9-10,14,17,20-21H,5-8,11-13,15-16H2,1-4H3,(H,26,27,28);2-4H,1H3/t20-;/m0./s1. The minimum absolute atomic E-state index is 0.0966. The SMILES string of the molecule is CC(=O)c1ncccn1.COc1ccc(N2CCN(C(=O)Cc3n[nH]c(C)n3)[C@@H](CC(C)C)C2)cc1OC1CCCC1. The molecule has 1 amide bonds. The largest absolute Gasteiger partial charge is 0.493 e. The third-order valence-electron chi connectivity index (χ3n) is 7.49. The Kier molecular flexibility index (Phi) is 10.9. The molecule has 5 rings (SSSR count). The molecule has 2 fully saturated rings. The van der Waals surface area contributed by atoms with Crippen molar-refractivity contribution in [2.45, 2.75) is 78.4 Å². The van der Waals surface area contributed by atoms with Crippen molar-refractivity contribution >= 4 is 17.4 Å². The molecular formula is C31H43N7O4. The molecule has 42 heavy (non-hydrogen) atoms. The van der Waals surface area contributed by atoms with Crippen molar-refractivity contribution in [3.8, 4) is 11.5 Å². The van der Waals surface area contributed by atoms with Gasteiger partial charge in [-0.2, -0.15) is 5.10 Å². The number of carbonyl (C=O) groups excluding carboxylic acids is 2. The number of Topliss-reactive ketones (excluding diaryl/α,β-unsaturated/α-hetero) is 1. The van der Waals surface area contributed by atoms with Gasteiger partial charge in [-0.05, 0) is 63.1 Å². The average molecular weight is 578 g/mol. The maximum absolute atomic E-state index is 13.1. The molecule has 0 radical (unpaired) electrons. The van der Waals surface area contributed by atoms with Gasteiger partial charge in [0.05, 0.1) is 19.6 Å². The van der Waals surface area contributed by atoms with E-state index in [9.17, 15) is 9.59 Å². The Morgan fingerprint density at radius 3 is 2.43 bits per heavy atom. The van der Waals surface area contributed by atoms with Crippen molar-refractivity contribution in [1.29, 1.82) is 0 Å². The minimum atomic E-state index is -0.101. The summed E-state index contributed by atoms with van der Waals surface area (Å²) in [6.07, 6.45) is 9.23. The van der Waals surface area contributed by atoms with Crippen molar-refractivity contribution in [2.24, 2.45) is 5.92 Å². The molecule has 1 aromatic carbocycles. The fraction of sp³-hybridized carbons (Fsp3) is 0.548. The number of aromatic nitrogens is 5. The minimum Gasteiger partial charge on any atom is -0.493 e. The predicted octanol–water partition coefficient (Wildman–Crippen LogP) is 4.43. The van der Waals surface area contributed by atoms with E-state index >= 15 is 0 Å². The second-order valence-electron chi connectivity index (χ2n) is 11.3. The van der Waals surface area contributed by atoms with E-state index in [2.05, 4.69) is 56.0 Å². The summed E-state index contributed by atoms with van der Waals surface area (Å²) in [5.74, 6) is 3.66. The van der Waals surface area contributed by atoms with Crippen LogP contribution in [0.15, 0.2) is 36.7 Å². The van der Waals surface area contributed by atoms with Crippen LogP contribution in [0.2, 0.25) is 0 Å². The number of amides is 1. The first-order valence-electron chi connectivity index (χ1n) is 14.8. The Morgan fingerprint density at radius 2 is 1.83 bits per heavy atom. The lowest BCUT2D eigenvalue weighted by molar-refractivity contribution is -0.133. The molecule has 1 N–H and O–H groups in total. The Hall–Kier alpha value is -4.02. The molecule has 3 heterocycles. The number of aromatic amines is 1. The number of hydrogen-bond donors (Lipinski definition) is 1. The molecule has 1 atom stereocenters. The van der Waals surface area contributed by atoms with E-state index in [4.69, 9.17) is 9.47 Å². The molecule has 2 aliphatic rings. The number of ether oxygens (including phenoxy) is 2. The van der Waals surface area contributed by atoms with Gasteiger partial charge in [-0.15, -0.1) is 0 Å². The number of nitrogens with one attached hydrogen (secondary N) is 1. The first-order chi connectivity index (χ1) is 20.2. The lowest BCUT2D eigenvalue weighted by Gasteiger charge is -2.43. The van der Waals surface area contributed by atoms with Crippen LogP contribution in [-0.4, -0.2) is 80.6 Å². The number of rotatable bonds is 9. The molecule has 1 saturated carbocycles. The molecule has 0 spiro atoms. The number of methoxy groups -OCH3 is 1. The highest BCUT2D eigenvalue weighted by Gasteiger charge is 2.32. The molecule has 1 aliphatic carbocycles. The van der Waals surface area contributed by atoms with Gasteiger partial charge in [-0.3, -0.25) is 14.7 Å². The Labute approximate surface area is 248 Å². The fourth-order valence-electron chi connectivity index (χ4n) is 5.49. The van der Waals surface area contributed by atoms with Crippen LogP contribution in [0.5, 0.6) is 11.5 Å². The summed E-state index contributed by atoms with van der Waals surface area (Å²) in [6.45, 7) is 9.97. The van der Waals surface area contributed by atoms with Gasteiger partial charge in [0.25, 0.3) is 0 Å². The van der Waals surface area contributed by atoms with Gasteiger partial charge in [-0.25, -0.2) is 15.0 Å². The van der Waals surface area contributed by atoms with Crippen LogP contribution in [0.3, 0.4) is 0 Å². The van der Waals surface area contributed by atoms with Gasteiger partial charge < -0.3 is 19.3 Å². The van der Waals surface area contributed by atoms with Crippen LogP contribution in [0.25, 0.3) is 0 Å². The van der Waals surface area contributed by atoms with E-state index in [1.807, 2.05) is 17.9 Å². The van der Waals surface area contributed by atoms with E-state index in [1.165, 1.54) is 19.8 Å². The van der Waals surface area contributed by atoms with Gasteiger partial charge in [0.1, 0.15) is 5.82 Å². The summed E-state index contributed by atoms with van der Waals surface area (Å²) >= 11 is 0. The zero-order valence-electron chi connectivity index (χ0n) is 25.4. The zero-order chi connectivity index (χ0) is 30.1. The van der Waals surface area contributed by atoms with E-state index in [0.29, 0.717) is 18.3 Å². The lowest BCUT2D eigenvalue weighted by atomic mass is 9.99. The molecule has 226 valence electrons. The first kappa shape index (κ1) is 30.9. The van der Waals surface area contributed by atoms with Gasteiger partial charge >= 0.3 is 0 Å². The molecule has 11 heteroatoms. The van der Waals surface area contributed by atoms with Crippen LogP contribution in [0.4, 0.5) is 5.69 Å². The number of hydrogen-bond acceptors (Lipinski definition) is 9. The lowest BCUT2D eigenvalue weighted by Crippen LogP contribution is -2.56. The van der Waals surface area contributed by atoms with Crippen LogP contribution < -0.4 is 14.4 Å². The maximum atomic E-state index is 13.1. The monoisotopic (exact) mass is 577 g/mol. The van der Waals surface area contributed by atoms with Crippen LogP contribution in [0, 0.1) is 12.8 Å². The van der Waals surface area contributed by atoms with Crippen LogP contribution >= 0.6 is 0 Å². The summed E-state index contributed by atoms with van der Waals surface area (Å²) in [7, 11) is 1.69. The summed E-state index contributed by atoms with van der Waals surface area (Å²) in [6, 6.07) is 8.03. The smallest absolute Gasteiger partial charge is 0.230 e. The molecule has 0 bridgehead atoms. The number of nitrogens with zero attached hydrogens (tertiary/aromatic N) is 6. The Bertz CT molecular complexity index is 1310. The molecular weight excluding hydrogens is 534 g/mol. The number of aryl methyl sites for hydroxylation is 1. The van der Waals surface area contributed by atoms with Gasteiger partial charge in [0.15, 0.2) is 28.9 Å². The Morgan fingerprint density at radius 1 is 1.10 bits per heavy atom. The topological polar surface area (TPSA) is 126 Å². The first-order valence-corrected chi connectivity index (χ1v) is 14.8. The highest BCUT2D eigenvalue weighted by atomic mass is 16.5. The quantitative estimate of drug-likeness (QED) is 0.368. The number of carbonyl (C=O) groups is 2. The number of H-pyrrole nitrogens is 1. The third-order valence-corrected chi connectivity index (χ3v) is 7.49. The second kappa shape index (κ2) is 14.7. The van der Waals surface area contributed by atoms with Gasteiger partial charge in [0.2, 0.25) is 5.91 Å². The van der Waals surface area contributed by atoms with Crippen molar-refractivity contribution in [1.82, 2.24) is 30.0 Å². The van der Waals surface area contributed by atoms with Gasteiger partial charge in [-0.1, -0.05) is 13.8 Å². The molecule has 3 aromatic rings. The normalized spacial score (nSPS) is 17.1. The fourth-order valence-corrected chi connectivity index (χ4v) is 5.49. The van der Waals surface area contributed by atoms with Crippen molar-refractivity contribution in [2.75, 3.05) is 31.6 Å². The molecule has 1 saturated heterocycles. The molecule has 0 unspecified atom stereocenters. The van der Waals surface area contributed by atoms with E-state index in [0.717, 1.165) is 55.4 Å². The number of anilines is 1. The van der Waals surface area contributed by atoms with Crippen molar-refractivity contribution < 1.29 is 19.1 Å².